The highest BCUT2D eigenvalue weighted by Crippen LogP contribution is 2.31. The van der Waals surface area contributed by atoms with Gasteiger partial charge in [-0.25, -0.2) is 14.8 Å². The van der Waals surface area contributed by atoms with Gasteiger partial charge in [0.15, 0.2) is 0 Å². The highest BCUT2D eigenvalue weighted by Gasteiger charge is 2.29. The van der Waals surface area contributed by atoms with Gasteiger partial charge in [0.25, 0.3) is 0 Å². The van der Waals surface area contributed by atoms with E-state index in [0.717, 1.165) is 55.0 Å². The lowest BCUT2D eigenvalue weighted by atomic mass is 9.96. The van der Waals surface area contributed by atoms with Crippen molar-refractivity contribution >= 4 is 23.1 Å². The molecule has 0 amide bonds. The Bertz CT molecular complexity index is 728. The molecule has 2 aromatic heterocycles. The van der Waals surface area contributed by atoms with Gasteiger partial charge < -0.3 is 10.4 Å². The fourth-order valence-corrected chi connectivity index (χ4v) is 3.68. The summed E-state index contributed by atoms with van der Waals surface area (Å²) in [6.07, 6.45) is 6.58. The second-order valence-corrected chi connectivity index (χ2v) is 7.07. The molecule has 1 fully saturated rings. The van der Waals surface area contributed by atoms with Gasteiger partial charge in [-0.05, 0) is 30.4 Å². The summed E-state index contributed by atoms with van der Waals surface area (Å²) in [4.78, 5) is 22.7. The Hall–Kier alpha value is -1.99. The molecular formula is C16H18N4O2S. The first-order valence-electron chi connectivity index (χ1n) is 7.82. The molecule has 6 nitrogen and oxygen atoms in total. The Balaban J connectivity index is 1.59. The molecule has 0 unspecified atom stereocenters. The Labute approximate surface area is 138 Å². The van der Waals surface area contributed by atoms with Crippen molar-refractivity contribution in [1.82, 2.24) is 14.9 Å². The lowest BCUT2D eigenvalue weighted by Crippen LogP contribution is -2.31. The summed E-state index contributed by atoms with van der Waals surface area (Å²) < 4.78 is 0. The Morgan fingerprint density at radius 2 is 2.30 bits per heavy atom. The summed E-state index contributed by atoms with van der Waals surface area (Å²) in [6.45, 7) is 2.38. The van der Waals surface area contributed by atoms with Crippen LogP contribution in [0.5, 0.6) is 0 Å². The molecule has 120 valence electrons. The molecule has 0 spiro atoms. The number of carboxylic acid groups (broad SMARTS) is 1. The molecule has 1 aliphatic carbocycles. The van der Waals surface area contributed by atoms with Crippen LogP contribution in [0.25, 0.3) is 0 Å². The van der Waals surface area contributed by atoms with Crippen LogP contribution in [0.2, 0.25) is 0 Å². The molecule has 0 atom stereocenters. The van der Waals surface area contributed by atoms with Crippen molar-refractivity contribution in [2.45, 2.75) is 38.4 Å². The van der Waals surface area contributed by atoms with Crippen molar-refractivity contribution < 1.29 is 9.90 Å². The predicted octanol–water partition coefficient (Wildman–Crippen LogP) is 2.37. The van der Waals surface area contributed by atoms with Gasteiger partial charge in [0, 0.05) is 36.9 Å². The number of carbonyl (C=O) groups is 1. The Kier molecular flexibility index (Phi) is 3.74. The van der Waals surface area contributed by atoms with Gasteiger partial charge >= 0.3 is 5.97 Å². The lowest BCUT2D eigenvalue weighted by molar-refractivity contribution is 0.0695. The van der Waals surface area contributed by atoms with E-state index < -0.39 is 5.97 Å². The zero-order chi connectivity index (χ0) is 15.8. The SMILES string of the molecule is O=C(O)c1c(NC2CC2)ncc2c1CCN(Cc1nccs1)C2. The van der Waals surface area contributed by atoms with Crippen molar-refractivity contribution in [2.24, 2.45) is 0 Å². The van der Waals surface area contributed by atoms with Crippen LogP contribution in [0.1, 0.15) is 39.3 Å². The van der Waals surface area contributed by atoms with Gasteiger partial charge in [-0.2, -0.15) is 0 Å². The fraction of sp³-hybridized carbons (Fsp3) is 0.438. The molecule has 2 aromatic rings. The fourth-order valence-electron chi connectivity index (χ4n) is 3.02. The Morgan fingerprint density at radius 3 is 3.00 bits per heavy atom. The van der Waals surface area contributed by atoms with E-state index in [9.17, 15) is 9.90 Å². The number of hydrogen-bond acceptors (Lipinski definition) is 6. The molecule has 7 heteroatoms. The summed E-state index contributed by atoms with van der Waals surface area (Å²) in [6, 6.07) is 0.392. The third kappa shape index (κ3) is 3.07. The van der Waals surface area contributed by atoms with Crippen LogP contribution in [0.3, 0.4) is 0 Å². The first-order valence-corrected chi connectivity index (χ1v) is 8.70. The quantitative estimate of drug-likeness (QED) is 0.876. The zero-order valence-electron chi connectivity index (χ0n) is 12.7. The number of pyridine rings is 1. The van der Waals surface area contributed by atoms with E-state index in [1.54, 1.807) is 11.3 Å². The zero-order valence-corrected chi connectivity index (χ0v) is 13.5. The number of hydrogen-bond donors (Lipinski definition) is 2. The molecule has 23 heavy (non-hydrogen) atoms. The maximum Gasteiger partial charge on any atom is 0.339 e. The van der Waals surface area contributed by atoms with Crippen LogP contribution in [0.15, 0.2) is 17.8 Å². The first-order chi connectivity index (χ1) is 11.2. The van der Waals surface area contributed by atoms with Gasteiger partial charge in [0.1, 0.15) is 16.4 Å². The molecule has 0 aromatic carbocycles. The number of aromatic carboxylic acids is 1. The van der Waals surface area contributed by atoms with Gasteiger partial charge in [0.2, 0.25) is 0 Å². The molecule has 0 saturated heterocycles. The van der Waals surface area contributed by atoms with E-state index in [2.05, 4.69) is 20.2 Å². The Morgan fingerprint density at radius 1 is 1.43 bits per heavy atom. The maximum absolute atomic E-state index is 11.7. The molecule has 2 aliphatic rings. The van der Waals surface area contributed by atoms with Gasteiger partial charge in [0.05, 0.1) is 6.54 Å². The van der Waals surface area contributed by atoms with Gasteiger partial charge in [-0.15, -0.1) is 11.3 Å². The highest BCUT2D eigenvalue weighted by atomic mass is 32.1. The smallest absolute Gasteiger partial charge is 0.339 e. The maximum atomic E-state index is 11.7. The average Bonchev–Trinajstić information content (AvgIpc) is 3.20. The molecule has 0 radical (unpaired) electrons. The molecule has 2 N–H and O–H groups in total. The molecular weight excluding hydrogens is 312 g/mol. The highest BCUT2D eigenvalue weighted by molar-refractivity contribution is 7.09. The van der Waals surface area contributed by atoms with Crippen LogP contribution in [-0.2, 0) is 19.5 Å². The molecule has 4 rings (SSSR count). The van der Waals surface area contributed by atoms with Crippen molar-refractivity contribution in [1.29, 1.82) is 0 Å². The van der Waals surface area contributed by atoms with E-state index in [0.29, 0.717) is 17.4 Å². The second-order valence-electron chi connectivity index (χ2n) is 6.10. The van der Waals surface area contributed by atoms with Crippen molar-refractivity contribution in [3.05, 3.63) is 39.5 Å². The number of anilines is 1. The van der Waals surface area contributed by atoms with Gasteiger partial charge in [-0.1, -0.05) is 0 Å². The van der Waals surface area contributed by atoms with E-state index in [-0.39, 0.29) is 0 Å². The summed E-state index contributed by atoms with van der Waals surface area (Å²) in [5.74, 6) is -0.349. The van der Waals surface area contributed by atoms with Crippen LogP contribution in [0.4, 0.5) is 5.82 Å². The number of nitrogens with one attached hydrogen (secondary N) is 1. The van der Waals surface area contributed by atoms with Crippen LogP contribution < -0.4 is 5.32 Å². The minimum Gasteiger partial charge on any atom is -0.478 e. The van der Waals surface area contributed by atoms with Crippen molar-refractivity contribution in [3.63, 3.8) is 0 Å². The third-order valence-corrected chi connectivity index (χ3v) is 5.09. The van der Waals surface area contributed by atoms with Crippen molar-refractivity contribution in [2.75, 3.05) is 11.9 Å². The number of thiazole rings is 1. The predicted molar refractivity (Wildman–Crippen MR) is 87.8 cm³/mol. The normalized spacial score (nSPS) is 17.7. The van der Waals surface area contributed by atoms with E-state index >= 15 is 0 Å². The number of carboxylic acids is 1. The van der Waals surface area contributed by atoms with Gasteiger partial charge in [-0.3, -0.25) is 4.90 Å². The first kappa shape index (κ1) is 14.6. The number of nitrogens with zero attached hydrogens (tertiary/aromatic N) is 3. The average molecular weight is 330 g/mol. The minimum atomic E-state index is -0.883. The largest absolute Gasteiger partial charge is 0.478 e. The van der Waals surface area contributed by atoms with Crippen molar-refractivity contribution in [3.8, 4) is 0 Å². The monoisotopic (exact) mass is 330 g/mol. The van der Waals surface area contributed by atoms with Crippen LogP contribution in [0, 0.1) is 0 Å². The summed E-state index contributed by atoms with van der Waals surface area (Å²) in [7, 11) is 0. The minimum absolute atomic E-state index is 0.364. The molecule has 3 heterocycles. The summed E-state index contributed by atoms with van der Waals surface area (Å²) >= 11 is 1.65. The topological polar surface area (TPSA) is 78.3 Å². The molecule has 1 aliphatic heterocycles. The standard InChI is InChI=1S/C16H18N4O2S/c21-16(22)14-12-3-5-20(9-13-17-4-6-23-13)8-10(12)7-18-15(14)19-11-1-2-11/h4,6-7,11H,1-3,5,8-9H2,(H,18,19)(H,21,22). The lowest BCUT2D eigenvalue weighted by Gasteiger charge is -2.29. The third-order valence-electron chi connectivity index (χ3n) is 4.32. The second kappa shape index (κ2) is 5.90. The number of rotatable bonds is 5. The summed E-state index contributed by atoms with van der Waals surface area (Å²) in [5.41, 5.74) is 2.32. The molecule has 0 bridgehead atoms. The van der Waals surface area contributed by atoms with E-state index in [1.807, 2.05) is 17.8 Å². The molecule has 1 saturated carbocycles. The number of aromatic nitrogens is 2. The van der Waals surface area contributed by atoms with E-state index in [1.165, 1.54) is 0 Å². The van der Waals surface area contributed by atoms with Crippen LogP contribution in [-0.4, -0.2) is 38.5 Å². The summed E-state index contributed by atoms with van der Waals surface area (Å²) in [5, 5.41) is 15.9. The number of fused-ring (bicyclic) bond motifs is 1. The van der Waals surface area contributed by atoms with E-state index in [4.69, 9.17) is 0 Å². The van der Waals surface area contributed by atoms with Crippen LogP contribution >= 0.6 is 11.3 Å².